The summed E-state index contributed by atoms with van der Waals surface area (Å²) in [5.74, 6) is -1.38. The van der Waals surface area contributed by atoms with Gasteiger partial charge in [-0.3, -0.25) is 9.59 Å². The van der Waals surface area contributed by atoms with Crippen LogP contribution in [-0.2, 0) is 11.2 Å². The molecule has 18 heavy (non-hydrogen) atoms. The number of amides is 1. The summed E-state index contributed by atoms with van der Waals surface area (Å²) >= 11 is 1.47. The van der Waals surface area contributed by atoms with E-state index in [2.05, 4.69) is 5.32 Å². The van der Waals surface area contributed by atoms with Gasteiger partial charge in [-0.15, -0.1) is 11.3 Å². The third-order valence-corrected chi connectivity index (χ3v) is 4.61. The van der Waals surface area contributed by atoms with Gasteiger partial charge in [0.2, 0.25) is 0 Å². The summed E-state index contributed by atoms with van der Waals surface area (Å²) in [6.07, 6.45) is 3.20. The minimum atomic E-state index is -0.807. The highest BCUT2D eigenvalue weighted by molar-refractivity contribution is 7.14. The van der Waals surface area contributed by atoms with Crippen molar-refractivity contribution in [3.05, 3.63) is 21.9 Å². The van der Waals surface area contributed by atoms with E-state index in [9.17, 15) is 9.59 Å². The molecule has 1 aromatic rings. The molecule has 1 aromatic heterocycles. The van der Waals surface area contributed by atoms with Crippen LogP contribution in [0.25, 0.3) is 0 Å². The fraction of sp³-hybridized carbons (Fsp3) is 0.538. The van der Waals surface area contributed by atoms with Crippen LogP contribution in [0.4, 0.5) is 0 Å². The van der Waals surface area contributed by atoms with Crippen molar-refractivity contribution in [2.75, 3.05) is 0 Å². The van der Waals surface area contributed by atoms with E-state index in [0.717, 1.165) is 19.3 Å². The molecule has 1 saturated carbocycles. The summed E-state index contributed by atoms with van der Waals surface area (Å²) < 4.78 is 0. The van der Waals surface area contributed by atoms with Gasteiger partial charge >= 0.3 is 5.97 Å². The zero-order valence-electron chi connectivity index (χ0n) is 10.3. The van der Waals surface area contributed by atoms with Crippen molar-refractivity contribution in [1.29, 1.82) is 0 Å². The highest BCUT2D eigenvalue weighted by Gasteiger charge is 2.34. The Hall–Kier alpha value is -1.36. The topological polar surface area (TPSA) is 66.4 Å². The number of hydrogen-bond donors (Lipinski definition) is 2. The van der Waals surface area contributed by atoms with Crippen LogP contribution in [0, 0.1) is 5.92 Å². The molecule has 1 aliphatic carbocycles. The van der Waals surface area contributed by atoms with Crippen molar-refractivity contribution in [2.45, 2.75) is 38.6 Å². The molecule has 2 rings (SSSR count). The molecular weight excluding hydrogens is 250 g/mol. The van der Waals surface area contributed by atoms with Gasteiger partial charge in [0.05, 0.1) is 10.8 Å². The molecule has 1 heterocycles. The first-order valence-corrected chi connectivity index (χ1v) is 7.06. The highest BCUT2D eigenvalue weighted by atomic mass is 32.1. The zero-order chi connectivity index (χ0) is 13.1. The number of carboxylic acids is 1. The fourth-order valence-electron chi connectivity index (χ4n) is 2.36. The number of aliphatic carboxylic acids is 1. The molecule has 2 atom stereocenters. The van der Waals surface area contributed by atoms with Crippen molar-refractivity contribution >= 4 is 23.2 Å². The number of carbonyl (C=O) groups is 2. The standard InChI is InChI=1S/C13H17NO3S/c1-2-8-6-7-11(18-8)12(15)14-10-5-3-4-9(10)13(16)17/h6-7,9-10H,2-5H2,1H3,(H,14,15)(H,16,17). The second-order valence-corrected chi connectivity index (χ2v) is 5.74. The van der Waals surface area contributed by atoms with E-state index in [-0.39, 0.29) is 11.9 Å². The van der Waals surface area contributed by atoms with Crippen LogP contribution in [0.2, 0.25) is 0 Å². The molecule has 98 valence electrons. The molecule has 0 radical (unpaired) electrons. The minimum Gasteiger partial charge on any atom is -0.481 e. The highest BCUT2D eigenvalue weighted by Crippen LogP contribution is 2.26. The first-order valence-electron chi connectivity index (χ1n) is 6.24. The van der Waals surface area contributed by atoms with Crippen LogP contribution in [0.1, 0.15) is 40.7 Å². The normalized spacial score (nSPS) is 22.9. The Bertz CT molecular complexity index is 455. The number of thiophene rings is 1. The maximum absolute atomic E-state index is 12.0. The quantitative estimate of drug-likeness (QED) is 0.879. The van der Waals surface area contributed by atoms with Crippen LogP contribution in [-0.4, -0.2) is 23.0 Å². The van der Waals surface area contributed by atoms with Gasteiger partial charge in [0.15, 0.2) is 0 Å². The Morgan fingerprint density at radius 2 is 2.22 bits per heavy atom. The monoisotopic (exact) mass is 267 g/mol. The lowest BCUT2D eigenvalue weighted by Crippen LogP contribution is -2.39. The minimum absolute atomic E-state index is 0.141. The van der Waals surface area contributed by atoms with E-state index in [0.29, 0.717) is 11.3 Å². The van der Waals surface area contributed by atoms with E-state index in [1.54, 1.807) is 0 Å². The predicted molar refractivity (Wildman–Crippen MR) is 69.9 cm³/mol. The molecule has 4 nitrogen and oxygen atoms in total. The molecule has 5 heteroatoms. The molecule has 0 bridgehead atoms. The van der Waals surface area contributed by atoms with Crippen LogP contribution in [0.3, 0.4) is 0 Å². The lowest BCUT2D eigenvalue weighted by atomic mass is 10.0. The van der Waals surface area contributed by atoms with E-state index >= 15 is 0 Å². The Balaban J connectivity index is 2.00. The average molecular weight is 267 g/mol. The maximum atomic E-state index is 12.0. The lowest BCUT2D eigenvalue weighted by Gasteiger charge is -2.16. The number of aryl methyl sites for hydroxylation is 1. The second kappa shape index (κ2) is 5.52. The van der Waals surface area contributed by atoms with Crippen molar-refractivity contribution < 1.29 is 14.7 Å². The molecule has 2 N–H and O–H groups in total. The van der Waals surface area contributed by atoms with E-state index in [4.69, 9.17) is 5.11 Å². The maximum Gasteiger partial charge on any atom is 0.308 e. The van der Waals surface area contributed by atoms with Crippen LogP contribution in [0.15, 0.2) is 12.1 Å². The van der Waals surface area contributed by atoms with Gasteiger partial charge < -0.3 is 10.4 Å². The van der Waals surface area contributed by atoms with Gasteiger partial charge in [-0.2, -0.15) is 0 Å². The first-order chi connectivity index (χ1) is 8.61. The van der Waals surface area contributed by atoms with Gasteiger partial charge in [0.25, 0.3) is 5.91 Å². The molecule has 1 aliphatic rings. The Labute approximate surface area is 110 Å². The van der Waals surface area contributed by atoms with Gasteiger partial charge in [-0.05, 0) is 31.4 Å². The summed E-state index contributed by atoms with van der Waals surface area (Å²) in [7, 11) is 0. The van der Waals surface area contributed by atoms with Crippen molar-refractivity contribution in [1.82, 2.24) is 5.32 Å². The molecular formula is C13H17NO3S. The average Bonchev–Trinajstić information content (AvgIpc) is 2.96. The van der Waals surface area contributed by atoms with E-state index in [1.165, 1.54) is 16.2 Å². The molecule has 1 amide bonds. The summed E-state index contributed by atoms with van der Waals surface area (Å²) in [5.41, 5.74) is 0. The summed E-state index contributed by atoms with van der Waals surface area (Å²) in [6.45, 7) is 2.05. The Kier molecular flexibility index (Phi) is 4.01. The number of nitrogens with one attached hydrogen (secondary N) is 1. The van der Waals surface area contributed by atoms with Crippen molar-refractivity contribution in [3.8, 4) is 0 Å². The molecule has 0 aromatic carbocycles. The third kappa shape index (κ3) is 2.72. The summed E-state index contributed by atoms with van der Waals surface area (Å²) in [4.78, 5) is 24.9. The van der Waals surface area contributed by atoms with Gasteiger partial charge in [-0.1, -0.05) is 13.3 Å². The summed E-state index contributed by atoms with van der Waals surface area (Å²) in [6, 6.07) is 3.54. The number of rotatable bonds is 4. The van der Waals surface area contributed by atoms with Gasteiger partial charge in [0.1, 0.15) is 0 Å². The lowest BCUT2D eigenvalue weighted by molar-refractivity contribution is -0.142. The third-order valence-electron chi connectivity index (χ3n) is 3.38. The molecule has 0 saturated heterocycles. The SMILES string of the molecule is CCc1ccc(C(=O)NC2CCCC2C(=O)O)s1. The van der Waals surface area contributed by atoms with E-state index < -0.39 is 11.9 Å². The first kappa shape index (κ1) is 13.1. The predicted octanol–water partition coefficient (Wildman–Crippen LogP) is 2.29. The van der Waals surface area contributed by atoms with Crippen LogP contribution < -0.4 is 5.32 Å². The fourth-order valence-corrected chi connectivity index (χ4v) is 3.21. The van der Waals surface area contributed by atoms with Gasteiger partial charge in [0, 0.05) is 10.9 Å². The summed E-state index contributed by atoms with van der Waals surface area (Å²) in [5, 5.41) is 11.9. The van der Waals surface area contributed by atoms with Crippen molar-refractivity contribution in [3.63, 3.8) is 0 Å². The largest absolute Gasteiger partial charge is 0.481 e. The molecule has 0 spiro atoms. The Morgan fingerprint density at radius 3 is 2.83 bits per heavy atom. The molecule has 0 aliphatic heterocycles. The zero-order valence-corrected chi connectivity index (χ0v) is 11.1. The molecule has 1 fully saturated rings. The second-order valence-electron chi connectivity index (χ2n) is 4.58. The Morgan fingerprint density at radius 1 is 1.44 bits per heavy atom. The number of carboxylic acid groups (broad SMARTS) is 1. The smallest absolute Gasteiger partial charge is 0.308 e. The van der Waals surface area contributed by atoms with Crippen LogP contribution in [0.5, 0.6) is 0 Å². The number of hydrogen-bond acceptors (Lipinski definition) is 3. The van der Waals surface area contributed by atoms with E-state index in [1.807, 2.05) is 19.1 Å². The molecule has 2 unspecified atom stereocenters. The van der Waals surface area contributed by atoms with Crippen LogP contribution >= 0.6 is 11.3 Å². The van der Waals surface area contributed by atoms with Gasteiger partial charge in [-0.25, -0.2) is 0 Å². The van der Waals surface area contributed by atoms with Crippen molar-refractivity contribution in [2.24, 2.45) is 5.92 Å². The number of carbonyl (C=O) groups excluding carboxylic acids is 1.